The third-order valence-electron chi connectivity index (χ3n) is 4.15. The molecule has 1 atom stereocenters. The predicted molar refractivity (Wildman–Crippen MR) is 88.1 cm³/mol. The van der Waals surface area contributed by atoms with E-state index in [4.69, 9.17) is 5.73 Å². The number of aromatic nitrogens is 2. The summed E-state index contributed by atoms with van der Waals surface area (Å²) < 4.78 is 2.96. The number of carbonyl (C=O) groups is 1. The highest BCUT2D eigenvalue weighted by molar-refractivity contribution is 9.10. The summed E-state index contributed by atoms with van der Waals surface area (Å²) in [6, 6.07) is 9.32. The standard InChI is InChI=1S/C16H19BrN4O/c17-13-10-19-21(11-13)14-6-8-20(9-7-14)16(22)15(18)12-4-2-1-3-5-12/h1-5,10-11,14-15H,6-9,18H2. The van der Waals surface area contributed by atoms with E-state index >= 15 is 0 Å². The average molecular weight is 363 g/mol. The SMILES string of the molecule is NC(C(=O)N1CCC(n2cc(Br)cn2)CC1)c1ccccc1. The Bertz CT molecular complexity index is 635. The minimum absolute atomic E-state index is 0.00583. The van der Waals surface area contributed by atoms with Gasteiger partial charge >= 0.3 is 0 Å². The lowest BCUT2D eigenvalue weighted by atomic mass is 10.0. The normalized spacial score (nSPS) is 17.5. The highest BCUT2D eigenvalue weighted by Gasteiger charge is 2.27. The Kier molecular flexibility index (Phi) is 4.59. The molecule has 3 rings (SSSR count). The van der Waals surface area contributed by atoms with Gasteiger partial charge in [-0.3, -0.25) is 9.48 Å². The molecule has 0 aliphatic carbocycles. The van der Waals surface area contributed by atoms with Crippen molar-refractivity contribution < 1.29 is 4.79 Å². The Balaban J connectivity index is 1.60. The Morgan fingerprint density at radius 2 is 1.95 bits per heavy atom. The van der Waals surface area contributed by atoms with E-state index < -0.39 is 6.04 Å². The molecule has 1 unspecified atom stereocenters. The van der Waals surface area contributed by atoms with Crippen molar-refractivity contribution in [1.82, 2.24) is 14.7 Å². The fraction of sp³-hybridized carbons (Fsp3) is 0.375. The third kappa shape index (κ3) is 3.23. The van der Waals surface area contributed by atoms with Crippen LogP contribution < -0.4 is 5.73 Å². The molecule has 1 aliphatic heterocycles. The highest BCUT2D eigenvalue weighted by Crippen LogP contribution is 2.25. The van der Waals surface area contributed by atoms with Gasteiger partial charge in [-0.2, -0.15) is 5.10 Å². The number of piperidine rings is 1. The summed E-state index contributed by atoms with van der Waals surface area (Å²) in [5.41, 5.74) is 6.97. The Labute approximate surface area is 138 Å². The molecule has 2 aromatic rings. The van der Waals surface area contributed by atoms with Crippen molar-refractivity contribution in [2.45, 2.75) is 24.9 Å². The third-order valence-corrected chi connectivity index (χ3v) is 4.55. The summed E-state index contributed by atoms with van der Waals surface area (Å²) in [7, 11) is 0. The Morgan fingerprint density at radius 3 is 2.55 bits per heavy atom. The molecule has 5 nitrogen and oxygen atoms in total. The van der Waals surface area contributed by atoms with Crippen molar-refractivity contribution in [1.29, 1.82) is 0 Å². The van der Waals surface area contributed by atoms with Crippen LogP contribution in [-0.4, -0.2) is 33.7 Å². The van der Waals surface area contributed by atoms with Crippen molar-refractivity contribution in [3.8, 4) is 0 Å². The van der Waals surface area contributed by atoms with Crippen LogP contribution in [0.4, 0.5) is 0 Å². The number of carbonyl (C=O) groups excluding carboxylic acids is 1. The van der Waals surface area contributed by atoms with E-state index in [0.29, 0.717) is 6.04 Å². The molecule has 6 heteroatoms. The first-order valence-corrected chi connectivity index (χ1v) is 8.23. The molecule has 0 saturated carbocycles. The first kappa shape index (κ1) is 15.2. The molecule has 0 bridgehead atoms. The maximum absolute atomic E-state index is 12.5. The van der Waals surface area contributed by atoms with E-state index in [1.54, 1.807) is 6.20 Å². The lowest BCUT2D eigenvalue weighted by molar-refractivity contribution is -0.134. The van der Waals surface area contributed by atoms with Crippen LogP contribution in [0.2, 0.25) is 0 Å². The minimum atomic E-state index is -0.573. The number of nitrogens with zero attached hydrogens (tertiary/aromatic N) is 3. The van der Waals surface area contributed by atoms with Crippen LogP contribution in [0.25, 0.3) is 0 Å². The van der Waals surface area contributed by atoms with Gasteiger partial charge in [0.15, 0.2) is 0 Å². The summed E-state index contributed by atoms with van der Waals surface area (Å²) in [5.74, 6) is 0.00583. The van der Waals surface area contributed by atoms with Crippen LogP contribution >= 0.6 is 15.9 Å². The number of benzene rings is 1. The zero-order chi connectivity index (χ0) is 15.5. The zero-order valence-electron chi connectivity index (χ0n) is 12.2. The second-order valence-corrected chi connectivity index (χ2v) is 6.50. The lowest BCUT2D eigenvalue weighted by Crippen LogP contribution is -2.43. The summed E-state index contributed by atoms with van der Waals surface area (Å²) >= 11 is 3.41. The second kappa shape index (κ2) is 6.62. The topological polar surface area (TPSA) is 64.2 Å². The fourth-order valence-electron chi connectivity index (χ4n) is 2.86. The van der Waals surface area contributed by atoms with Gasteiger partial charge < -0.3 is 10.6 Å². The summed E-state index contributed by atoms with van der Waals surface area (Å²) in [4.78, 5) is 14.4. The molecule has 2 heterocycles. The van der Waals surface area contributed by atoms with Crippen molar-refractivity contribution in [2.75, 3.05) is 13.1 Å². The number of hydrogen-bond donors (Lipinski definition) is 1. The Morgan fingerprint density at radius 1 is 1.27 bits per heavy atom. The van der Waals surface area contributed by atoms with Crippen molar-refractivity contribution in [3.05, 3.63) is 52.8 Å². The molecule has 1 aliphatic rings. The van der Waals surface area contributed by atoms with Gasteiger partial charge in [0.2, 0.25) is 5.91 Å². The van der Waals surface area contributed by atoms with Crippen molar-refractivity contribution in [2.24, 2.45) is 5.73 Å². The molecule has 22 heavy (non-hydrogen) atoms. The number of rotatable bonds is 3. The molecule has 1 aromatic carbocycles. The molecule has 2 N–H and O–H groups in total. The van der Waals surface area contributed by atoms with Crippen LogP contribution in [0.1, 0.15) is 30.5 Å². The van der Waals surface area contributed by atoms with E-state index in [1.807, 2.05) is 46.1 Å². The number of halogens is 1. The van der Waals surface area contributed by atoms with E-state index in [0.717, 1.165) is 36.0 Å². The van der Waals surface area contributed by atoms with Gasteiger partial charge in [-0.05, 0) is 34.3 Å². The number of likely N-dealkylation sites (tertiary alicyclic amines) is 1. The van der Waals surface area contributed by atoms with Gasteiger partial charge in [0.25, 0.3) is 0 Å². The van der Waals surface area contributed by atoms with E-state index in [-0.39, 0.29) is 5.91 Å². The Hall–Kier alpha value is -1.66. The highest BCUT2D eigenvalue weighted by atomic mass is 79.9. The average Bonchev–Trinajstić information content (AvgIpc) is 3.01. The van der Waals surface area contributed by atoms with Gasteiger partial charge in [-0.1, -0.05) is 30.3 Å². The first-order chi connectivity index (χ1) is 10.6. The molecule has 1 fully saturated rings. The number of hydrogen-bond acceptors (Lipinski definition) is 3. The van der Waals surface area contributed by atoms with Crippen molar-refractivity contribution in [3.63, 3.8) is 0 Å². The van der Waals surface area contributed by atoms with E-state index in [2.05, 4.69) is 21.0 Å². The van der Waals surface area contributed by atoms with Gasteiger partial charge in [0.05, 0.1) is 16.7 Å². The van der Waals surface area contributed by atoms with Crippen LogP contribution in [0.5, 0.6) is 0 Å². The van der Waals surface area contributed by atoms with E-state index in [9.17, 15) is 4.79 Å². The van der Waals surface area contributed by atoms with Crippen molar-refractivity contribution >= 4 is 21.8 Å². The monoisotopic (exact) mass is 362 g/mol. The van der Waals surface area contributed by atoms with Gasteiger partial charge in [-0.15, -0.1) is 0 Å². The van der Waals surface area contributed by atoms with Crippen LogP contribution in [0, 0.1) is 0 Å². The molecular formula is C16H19BrN4O. The van der Waals surface area contributed by atoms with Gasteiger partial charge in [0, 0.05) is 19.3 Å². The zero-order valence-corrected chi connectivity index (χ0v) is 13.8. The molecule has 116 valence electrons. The smallest absolute Gasteiger partial charge is 0.244 e. The van der Waals surface area contributed by atoms with E-state index in [1.165, 1.54) is 0 Å². The van der Waals surface area contributed by atoms with Gasteiger partial charge in [-0.25, -0.2) is 0 Å². The van der Waals surface area contributed by atoms with Gasteiger partial charge in [0.1, 0.15) is 6.04 Å². The van der Waals surface area contributed by atoms with Crippen LogP contribution in [0.15, 0.2) is 47.2 Å². The predicted octanol–water partition coefficient (Wildman–Crippen LogP) is 2.51. The largest absolute Gasteiger partial charge is 0.341 e. The maximum atomic E-state index is 12.5. The second-order valence-electron chi connectivity index (χ2n) is 5.58. The van der Waals surface area contributed by atoms with Crippen LogP contribution in [-0.2, 0) is 4.79 Å². The number of nitrogens with two attached hydrogens (primary N) is 1. The molecular weight excluding hydrogens is 344 g/mol. The lowest BCUT2D eigenvalue weighted by Gasteiger charge is -2.33. The molecule has 1 saturated heterocycles. The molecule has 1 amide bonds. The minimum Gasteiger partial charge on any atom is -0.341 e. The summed E-state index contributed by atoms with van der Waals surface area (Å²) in [5, 5.41) is 4.33. The first-order valence-electron chi connectivity index (χ1n) is 7.44. The molecule has 1 aromatic heterocycles. The molecule has 0 spiro atoms. The fourth-order valence-corrected chi connectivity index (χ4v) is 3.17. The van der Waals surface area contributed by atoms with Crippen LogP contribution in [0.3, 0.4) is 0 Å². The maximum Gasteiger partial charge on any atom is 0.244 e. The summed E-state index contributed by atoms with van der Waals surface area (Å²) in [6.45, 7) is 1.45. The molecule has 0 radical (unpaired) electrons. The quantitative estimate of drug-likeness (QED) is 0.912. The number of amides is 1. The summed E-state index contributed by atoms with van der Waals surface area (Å²) in [6.07, 6.45) is 5.59.